The van der Waals surface area contributed by atoms with Crippen molar-refractivity contribution in [1.82, 2.24) is 9.78 Å². The number of ether oxygens (including phenoxy) is 1. The van der Waals surface area contributed by atoms with Crippen molar-refractivity contribution in [3.63, 3.8) is 0 Å². The largest absolute Gasteiger partial charge is 0.504 e. The molecule has 2 aromatic rings. The summed E-state index contributed by atoms with van der Waals surface area (Å²) in [6.45, 7) is 0. The number of phenols is 1. The van der Waals surface area contributed by atoms with E-state index in [-0.39, 0.29) is 28.5 Å². The summed E-state index contributed by atoms with van der Waals surface area (Å²) in [5.74, 6) is -2.60. The SMILES string of the molecule is COc1c(O)ccc(-c2cc(C(=O)O)nn2C)c1F. The molecule has 0 bridgehead atoms. The maximum Gasteiger partial charge on any atom is 0.356 e. The lowest BCUT2D eigenvalue weighted by atomic mass is 10.1. The van der Waals surface area contributed by atoms with Crippen LogP contribution in [0.5, 0.6) is 11.5 Å². The number of halogens is 1. The lowest BCUT2D eigenvalue weighted by molar-refractivity contribution is 0.0689. The minimum atomic E-state index is -1.20. The van der Waals surface area contributed by atoms with Crippen LogP contribution in [0, 0.1) is 5.82 Å². The van der Waals surface area contributed by atoms with Crippen LogP contribution in [0.4, 0.5) is 4.39 Å². The molecule has 0 unspecified atom stereocenters. The fourth-order valence-corrected chi connectivity index (χ4v) is 1.76. The Hall–Kier alpha value is -2.57. The number of methoxy groups -OCH3 is 1. The van der Waals surface area contributed by atoms with Crippen LogP contribution in [0.1, 0.15) is 10.5 Å². The van der Waals surface area contributed by atoms with Crippen molar-refractivity contribution in [3.05, 3.63) is 29.7 Å². The van der Waals surface area contributed by atoms with E-state index in [4.69, 9.17) is 9.84 Å². The number of hydrogen-bond acceptors (Lipinski definition) is 4. The standard InChI is InChI=1S/C12H11FN2O4/c1-15-8(5-7(14-15)12(17)18)6-3-4-9(16)11(19-2)10(6)13/h3-5,16H,1-2H3,(H,17,18). The molecule has 6 nitrogen and oxygen atoms in total. The van der Waals surface area contributed by atoms with Gasteiger partial charge in [-0.05, 0) is 18.2 Å². The van der Waals surface area contributed by atoms with E-state index in [1.807, 2.05) is 0 Å². The number of rotatable bonds is 3. The Balaban J connectivity index is 2.62. The number of carboxylic acids is 1. The van der Waals surface area contributed by atoms with E-state index in [1.54, 1.807) is 0 Å². The third-order valence-corrected chi connectivity index (χ3v) is 2.66. The van der Waals surface area contributed by atoms with Gasteiger partial charge < -0.3 is 14.9 Å². The second kappa shape index (κ2) is 4.60. The molecule has 0 saturated carbocycles. The van der Waals surface area contributed by atoms with Gasteiger partial charge in [-0.15, -0.1) is 0 Å². The number of benzene rings is 1. The molecule has 0 aliphatic rings. The first kappa shape index (κ1) is 12.9. The van der Waals surface area contributed by atoms with Crippen LogP contribution in [0.2, 0.25) is 0 Å². The van der Waals surface area contributed by atoms with E-state index in [0.717, 1.165) is 0 Å². The van der Waals surface area contributed by atoms with Gasteiger partial charge in [0.15, 0.2) is 23.0 Å². The minimum absolute atomic E-state index is 0.0946. The molecule has 0 saturated heterocycles. The maximum atomic E-state index is 14.1. The van der Waals surface area contributed by atoms with Crippen LogP contribution < -0.4 is 4.74 Å². The van der Waals surface area contributed by atoms with Crippen LogP contribution >= 0.6 is 0 Å². The van der Waals surface area contributed by atoms with E-state index >= 15 is 0 Å². The van der Waals surface area contributed by atoms with Gasteiger partial charge in [-0.3, -0.25) is 4.68 Å². The van der Waals surface area contributed by atoms with Gasteiger partial charge in [0.25, 0.3) is 0 Å². The Morgan fingerprint density at radius 3 is 2.68 bits per heavy atom. The van der Waals surface area contributed by atoms with Crippen LogP contribution in [0.25, 0.3) is 11.3 Å². The fourth-order valence-electron chi connectivity index (χ4n) is 1.76. The van der Waals surface area contributed by atoms with Crippen molar-refractivity contribution >= 4 is 5.97 Å². The van der Waals surface area contributed by atoms with E-state index in [0.29, 0.717) is 0 Å². The topological polar surface area (TPSA) is 84.6 Å². The predicted molar refractivity (Wildman–Crippen MR) is 63.8 cm³/mol. The predicted octanol–water partition coefficient (Wildman–Crippen LogP) is 1.64. The molecule has 1 aromatic heterocycles. The van der Waals surface area contributed by atoms with E-state index in [2.05, 4.69) is 5.10 Å². The number of nitrogens with zero attached hydrogens (tertiary/aromatic N) is 2. The molecule has 0 atom stereocenters. The summed E-state index contributed by atoms with van der Waals surface area (Å²) >= 11 is 0. The van der Waals surface area contributed by atoms with E-state index in [9.17, 15) is 14.3 Å². The Labute approximate surface area is 107 Å². The molecule has 0 aliphatic heterocycles. The Morgan fingerprint density at radius 1 is 1.47 bits per heavy atom. The second-order valence-electron chi connectivity index (χ2n) is 3.82. The zero-order valence-electron chi connectivity index (χ0n) is 10.2. The molecular weight excluding hydrogens is 255 g/mol. The van der Waals surface area contributed by atoms with E-state index < -0.39 is 11.8 Å². The average Bonchev–Trinajstić information content (AvgIpc) is 2.72. The number of hydrogen-bond donors (Lipinski definition) is 2. The van der Waals surface area contributed by atoms with Gasteiger partial charge in [0.05, 0.1) is 12.8 Å². The highest BCUT2D eigenvalue weighted by Crippen LogP contribution is 2.35. The quantitative estimate of drug-likeness (QED) is 0.882. The molecule has 0 fully saturated rings. The lowest BCUT2D eigenvalue weighted by Crippen LogP contribution is -2.00. The zero-order chi connectivity index (χ0) is 14.2. The fraction of sp³-hybridized carbons (Fsp3) is 0.167. The molecule has 0 spiro atoms. The second-order valence-corrected chi connectivity index (χ2v) is 3.82. The molecule has 100 valence electrons. The van der Waals surface area contributed by atoms with Crippen molar-refractivity contribution in [2.75, 3.05) is 7.11 Å². The van der Waals surface area contributed by atoms with Gasteiger partial charge in [0.1, 0.15) is 0 Å². The van der Waals surface area contributed by atoms with Crippen LogP contribution in [-0.2, 0) is 7.05 Å². The molecule has 0 amide bonds. The number of aromatic hydroxyl groups is 1. The summed E-state index contributed by atoms with van der Waals surface area (Å²) in [5.41, 5.74) is 0.175. The highest BCUT2D eigenvalue weighted by Gasteiger charge is 2.19. The van der Waals surface area contributed by atoms with Gasteiger partial charge in [-0.25, -0.2) is 9.18 Å². The van der Waals surface area contributed by atoms with Crippen molar-refractivity contribution < 1.29 is 24.1 Å². The van der Waals surface area contributed by atoms with Crippen LogP contribution in [-0.4, -0.2) is 33.1 Å². The van der Waals surface area contributed by atoms with E-state index in [1.165, 1.54) is 37.0 Å². The average molecular weight is 266 g/mol. The van der Waals surface area contributed by atoms with Gasteiger partial charge in [0.2, 0.25) is 0 Å². The third kappa shape index (κ3) is 2.10. The highest BCUT2D eigenvalue weighted by atomic mass is 19.1. The normalized spacial score (nSPS) is 10.5. The first-order valence-electron chi connectivity index (χ1n) is 5.29. The Morgan fingerprint density at radius 2 is 2.16 bits per heavy atom. The van der Waals surface area contributed by atoms with Crippen LogP contribution in [0.3, 0.4) is 0 Å². The molecule has 1 heterocycles. The van der Waals surface area contributed by atoms with Crippen molar-refractivity contribution in [2.45, 2.75) is 0 Å². The number of aryl methyl sites for hydroxylation is 1. The van der Waals surface area contributed by atoms with Crippen molar-refractivity contribution in [2.24, 2.45) is 7.05 Å². The number of carbonyl (C=O) groups is 1. The third-order valence-electron chi connectivity index (χ3n) is 2.66. The van der Waals surface area contributed by atoms with Crippen molar-refractivity contribution in [1.29, 1.82) is 0 Å². The first-order valence-corrected chi connectivity index (χ1v) is 5.29. The number of carboxylic acid groups (broad SMARTS) is 1. The summed E-state index contributed by atoms with van der Waals surface area (Å²) in [5, 5.41) is 22.0. The Bertz CT molecular complexity index is 651. The first-order chi connectivity index (χ1) is 8.95. The summed E-state index contributed by atoms with van der Waals surface area (Å²) in [6, 6.07) is 3.84. The summed E-state index contributed by atoms with van der Waals surface area (Å²) in [6.07, 6.45) is 0. The molecule has 19 heavy (non-hydrogen) atoms. The summed E-state index contributed by atoms with van der Waals surface area (Å²) < 4.78 is 20.1. The smallest absolute Gasteiger partial charge is 0.356 e. The summed E-state index contributed by atoms with van der Waals surface area (Å²) in [7, 11) is 2.73. The number of aromatic carboxylic acids is 1. The Kier molecular flexibility index (Phi) is 3.12. The molecular formula is C12H11FN2O4. The molecule has 2 N–H and O–H groups in total. The zero-order valence-corrected chi connectivity index (χ0v) is 10.2. The molecule has 7 heteroatoms. The van der Waals surface area contributed by atoms with Gasteiger partial charge in [-0.2, -0.15) is 5.10 Å². The monoisotopic (exact) mass is 266 g/mol. The molecule has 2 rings (SSSR count). The summed E-state index contributed by atoms with van der Waals surface area (Å²) in [4.78, 5) is 10.8. The maximum absolute atomic E-state index is 14.1. The van der Waals surface area contributed by atoms with Crippen LogP contribution in [0.15, 0.2) is 18.2 Å². The van der Waals surface area contributed by atoms with Crippen molar-refractivity contribution in [3.8, 4) is 22.8 Å². The lowest BCUT2D eigenvalue weighted by Gasteiger charge is -2.09. The number of phenolic OH excluding ortho intramolecular Hbond substituents is 1. The molecule has 1 aromatic carbocycles. The minimum Gasteiger partial charge on any atom is -0.504 e. The van der Waals surface area contributed by atoms with Gasteiger partial charge in [0, 0.05) is 12.6 Å². The van der Waals surface area contributed by atoms with Gasteiger partial charge >= 0.3 is 5.97 Å². The molecule has 0 aliphatic carbocycles. The van der Waals surface area contributed by atoms with Gasteiger partial charge in [-0.1, -0.05) is 0 Å². The molecule has 0 radical (unpaired) electrons. The number of aromatic nitrogens is 2. The highest BCUT2D eigenvalue weighted by molar-refractivity contribution is 5.87.